The number of nitrogens with zero attached hydrogens (tertiary/aromatic N) is 4. The van der Waals surface area contributed by atoms with Crippen molar-refractivity contribution in [3.05, 3.63) is 52.5 Å². The first-order chi connectivity index (χ1) is 11.8. The number of pyridine rings is 1. The zero-order valence-electron chi connectivity index (χ0n) is 14.3. The van der Waals surface area contributed by atoms with E-state index in [1.807, 2.05) is 30.3 Å². The molecule has 0 aliphatic heterocycles. The molecule has 1 aromatic carbocycles. The quantitative estimate of drug-likeness (QED) is 0.520. The highest BCUT2D eigenvalue weighted by atomic mass is 16.6. The Morgan fingerprint density at radius 1 is 1.36 bits per heavy atom. The molecule has 25 heavy (non-hydrogen) atoms. The van der Waals surface area contributed by atoms with Gasteiger partial charge in [0.25, 0.3) is 0 Å². The Balaban J connectivity index is 2.20. The number of hydrogen-bond acceptors (Lipinski definition) is 4. The van der Waals surface area contributed by atoms with Crippen molar-refractivity contribution in [1.82, 2.24) is 10.3 Å². The molecule has 8 heteroatoms. The molecule has 8 nitrogen and oxygen atoms in total. The summed E-state index contributed by atoms with van der Waals surface area (Å²) >= 11 is 0. The van der Waals surface area contributed by atoms with Crippen LogP contribution in [0.25, 0.3) is 21.3 Å². The van der Waals surface area contributed by atoms with Crippen LogP contribution in [0.1, 0.15) is 26.3 Å². The molecule has 2 rings (SSSR count). The van der Waals surface area contributed by atoms with Crippen molar-refractivity contribution in [3.63, 3.8) is 0 Å². The standard InChI is InChI=1S/C17H19N5O3/c1-17(2,3)25-16(24)20-14(15(23)21-22-18)10-11-6-7-13-12(9-11)5-4-8-19-13/h4-9,14H,10H2,1-3H3,(H,20,24)/t14-/m0/s1. The summed E-state index contributed by atoms with van der Waals surface area (Å²) in [6.45, 7) is 5.15. The zero-order chi connectivity index (χ0) is 18.4. The van der Waals surface area contributed by atoms with Crippen molar-refractivity contribution >= 4 is 22.9 Å². The molecule has 1 aromatic heterocycles. The lowest BCUT2D eigenvalue weighted by Gasteiger charge is -2.22. The smallest absolute Gasteiger partial charge is 0.408 e. The molecule has 130 valence electrons. The number of ether oxygens (including phenoxy) is 1. The van der Waals surface area contributed by atoms with Gasteiger partial charge in [0.2, 0.25) is 5.91 Å². The second-order valence-electron chi connectivity index (χ2n) is 6.46. The molecule has 0 aliphatic carbocycles. The Bertz CT molecular complexity index is 838. The molecule has 1 N–H and O–H groups in total. The number of aromatic nitrogens is 1. The average Bonchev–Trinajstić information content (AvgIpc) is 2.52. The van der Waals surface area contributed by atoms with Crippen molar-refractivity contribution in [2.24, 2.45) is 5.11 Å². The highest BCUT2D eigenvalue weighted by molar-refractivity contribution is 5.87. The van der Waals surface area contributed by atoms with Gasteiger partial charge in [0.15, 0.2) is 0 Å². The van der Waals surface area contributed by atoms with Crippen molar-refractivity contribution < 1.29 is 14.3 Å². The summed E-state index contributed by atoms with van der Waals surface area (Å²) in [6, 6.07) is 8.20. The third-order valence-corrected chi connectivity index (χ3v) is 3.24. The van der Waals surface area contributed by atoms with Gasteiger partial charge in [-0.25, -0.2) is 4.79 Å². The molecule has 0 fully saturated rings. The van der Waals surface area contributed by atoms with E-state index in [9.17, 15) is 9.59 Å². The number of carbonyl (C=O) groups is 2. The topological polar surface area (TPSA) is 117 Å². The number of nitrogens with one attached hydrogen (secondary N) is 1. The van der Waals surface area contributed by atoms with Gasteiger partial charge in [-0.2, -0.15) is 0 Å². The number of fused-ring (bicyclic) bond motifs is 1. The molecule has 0 spiro atoms. The third kappa shape index (κ3) is 5.47. The fourth-order valence-electron chi connectivity index (χ4n) is 2.25. The van der Waals surface area contributed by atoms with Crippen LogP contribution in [0.15, 0.2) is 41.6 Å². The number of benzene rings is 1. The van der Waals surface area contributed by atoms with Gasteiger partial charge in [0.1, 0.15) is 11.6 Å². The number of hydrogen-bond donors (Lipinski definition) is 1. The molecule has 0 saturated carbocycles. The van der Waals surface area contributed by atoms with Gasteiger partial charge in [0.05, 0.1) is 5.52 Å². The van der Waals surface area contributed by atoms with Crippen LogP contribution in [0.2, 0.25) is 0 Å². The van der Waals surface area contributed by atoms with E-state index in [2.05, 4.69) is 20.3 Å². The predicted molar refractivity (Wildman–Crippen MR) is 92.8 cm³/mol. The van der Waals surface area contributed by atoms with Gasteiger partial charge in [-0.05, 0) is 55.2 Å². The van der Waals surface area contributed by atoms with Crippen LogP contribution in [-0.4, -0.2) is 28.6 Å². The summed E-state index contributed by atoms with van der Waals surface area (Å²) < 4.78 is 5.16. The lowest BCUT2D eigenvalue weighted by Crippen LogP contribution is -2.44. The van der Waals surface area contributed by atoms with E-state index >= 15 is 0 Å². The van der Waals surface area contributed by atoms with Gasteiger partial charge in [0, 0.05) is 22.9 Å². The van der Waals surface area contributed by atoms with Crippen LogP contribution >= 0.6 is 0 Å². The number of rotatable bonds is 4. The Morgan fingerprint density at radius 3 is 2.80 bits per heavy atom. The molecular formula is C17H19N5O3. The van der Waals surface area contributed by atoms with Gasteiger partial charge in [-0.3, -0.25) is 9.78 Å². The molecule has 1 atom stereocenters. The summed E-state index contributed by atoms with van der Waals surface area (Å²) in [7, 11) is 0. The van der Waals surface area contributed by atoms with Crippen molar-refractivity contribution in [2.45, 2.75) is 38.8 Å². The normalized spacial score (nSPS) is 12.1. The fourth-order valence-corrected chi connectivity index (χ4v) is 2.25. The monoisotopic (exact) mass is 341 g/mol. The Hall–Kier alpha value is -3.12. The molecule has 2 amide bonds. The summed E-state index contributed by atoms with van der Waals surface area (Å²) in [5.74, 6) is -0.778. The Kier molecular flexibility index (Phi) is 5.56. The third-order valence-electron chi connectivity index (χ3n) is 3.24. The molecule has 0 unspecified atom stereocenters. The van der Waals surface area contributed by atoms with Crippen molar-refractivity contribution in [2.75, 3.05) is 0 Å². The minimum absolute atomic E-state index is 0.169. The summed E-state index contributed by atoms with van der Waals surface area (Å²) in [5.41, 5.74) is 9.41. The van der Waals surface area contributed by atoms with Gasteiger partial charge < -0.3 is 10.1 Å². The fraction of sp³-hybridized carbons (Fsp3) is 0.353. The second kappa shape index (κ2) is 7.63. The van der Waals surface area contributed by atoms with Crippen LogP contribution in [-0.2, 0) is 16.0 Å². The minimum atomic E-state index is -1.01. The van der Waals surface area contributed by atoms with Gasteiger partial charge >= 0.3 is 6.09 Å². The second-order valence-corrected chi connectivity index (χ2v) is 6.46. The molecule has 0 saturated heterocycles. The highest BCUT2D eigenvalue weighted by Crippen LogP contribution is 2.15. The summed E-state index contributed by atoms with van der Waals surface area (Å²) in [6.07, 6.45) is 1.11. The maximum atomic E-state index is 12.0. The summed E-state index contributed by atoms with van der Waals surface area (Å²) in [5, 5.41) is 6.46. The lowest BCUT2D eigenvalue weighted by atomic mass is 10.0. The first-order valence-corrected chi connectivity index (χ1v) is 7.70. The maximum Gasteiger partial charge on any atom is 0.408 e. The molecule has 1 heterocycles. The Morgan fingerprint density at radius 2 is 2.12 bits per heavy atom. The number of azide groups is 1. The minimum Gasteiger partial charge on any atom is -0.444 e. The first-order valence-electron chi connectivity index (χ1n) is 7.70. The van der Waals surface area contributed by atoms with E-state index in [1.165, 1.54) is 0 Å². The Labute approximate surface area is 144 Å². The SMILES string of the molecule is CC(C)(C)OC(=O)N[C@@H](Cc1ccc2ncccc2c1)C(=O)N=[N+]=[N-]. The molecule has 2 aromatic rings. The average molecular weight is 341 g/mol. The molecular weight excluding hydrogens is 322 g/mol. The molecule has 0 aliphatic rings. The van der Waals surface area contributed by atoms with Crippen molar-refractivity contribution in [1.29, 1.82) is 0 Å². The molecule has 0 radical (unpaired) electrons. The van der Waals surface area contributed by atoms with E-state index in [-0.39, 0.29) is 6.42 Å². The van der Waals surface area contributed by atoms with Gasteiger partial charge in [-0.1, -0.05) is 12.1 Å². The van der Waals surface area contributed by atoms with Crippen LogP contribution in [0.5, 0.6) is 0 Å². The number of amides is 2. The van der Waals surface area contributed by atoms with E-state index in [0.29, 0.717) is 0 Å². The first kappa shape index (κ1) is 18.2. The summed E-state index contributed by atoms with van der Waals surface area (Å²) in [4.78, 5) is 30.7. The maximum absolute atomic E-state index is 12.0. The zero-order valence-corrected chi connectivity index (χ0v) is 14.3. The van der Waals surface area contributed by atoms with E-state index < -0.39 is 23.6 Å². The number of alkyl carbamates (subject to hydrolysis) is 1. The highest BCUT2D eigenvalue weighted by Gasteiger charge is 2.24. The largest absolute Gasteiger partial charge is 0.444 e. The van der Waals surface area contributed by atoms with Crippen LogP contribution in [0.3, 0.4) is 0 Å². The number of carbonyl (C=O) groups excluding carboxylic acids is 2. The lowest BCUT2D eigenvalue weighted by molar-refractivity contribution is -0.120. The van der Waals surface area contributed by atoms with Crippen molar-refractivity contribution in [3.8, 4) is 0 Å². The van der Waals surface area contributed by atoms with Gasteiger partial charge in [-0.15, -0.1) is 0 Å². The van der Waals surface area contributed by atoms with E-state index in [1.54, 1.807) is 27.0 Å². The molecule has 0 bridgehead atoms. The predicted octanol–water partition coefficient (Wildman–Crippen LogP) is 3.51. The van der Waals surface area contributed by atoms with E-state index in [4.69, 9.17) is 10.3 Å². The van der Waals surface area contributed by atoms with Crippen LogP contribution in [0, 0.1) is 0 Å². The van der Waals surface area contributed by atoms with Crippen LogP contribution in [0.4, 0.5) is 4.79 Å². The van der Waals surface area contributed by atoms with Crippen LogP contribution < -0.4 is 5.32 Å². The van der Waals surface area contributed by atoms with E-state index in [0.717, 1.165) is 16.5 Å².